The minimum atomic E-state index is -1.22. The fourth-order valence-electron chi connectivity index (χ4n) is 4.22. The van der Waals surface area contributed by atoms with Gasteiger partial charge in [0.15, 0.2) is 6.29 Å². The van der Waals surface area contributed by atoms with E-state index in [-0.39, 0.29) is 0 Å². The average Bonchev–Trinajstić information content (AvgIpc) is 2.32. The third kappa shape index (κ3) is 2.06. The first-order valence-electron chi connectivity index (χ1n) is 7.52. The van der Waals surface area contributed by atoms with E-state index in [9.17, 15) is 14.7 Å². The molecule has 6 atom stereocenters. The highest BCUT2D eigenvalue weighted by Crippen LogP contribution is 2.64. The molecule has 0 radical (unpaired) electrons. The molecule has 4 bridgehead atoms. The Balaban J connectivity index is 2.05. The van der Waals surface area contributed by atoms with Crippen LogP contribution in [-0.4, -0.2) is 41.0 Å². The van der Waals surface area contributed by atoms with Crippen molar-refractivity contribution in [3.63, 3.8) is 0 Å². The molecule has 4 fully saturated rings. The number of rotatable bonds is 2. The van der Waals surface area contributed by atoms with Crippen LogP contribution in [0.4, 0.5) is 0 Å². The lowest BCUT2D eigenvalue weighted by atomic mass is 9.52. The van der Waals surface area contributed by atoms with Crippen molar-refractivity contribution in [2.75, 3.05) is 0 Å². The molecule has 1 aliphatic carbocycles. The van der Waals surface area contributed by atoms with E-state index < -0.39 is 47.2 Å². The maximum absolute atomic E-state index is 11.6. The zero-order valence-corrected chi connectivity index (χ0v) is 13.3. The third-order valence-corrected chi connectivity index (χ3v) is 5.43. The number of carbonyl (C=O) groups excluding carboxylic acids is 2. The van der Waals surface area contributed by atoms with Gasteiger partial charge >= 0.3 is 11.9 Å². The van der Waals surface area contributed by atoms with Crippen molar-refractivity contribution < 1.29 is 33.6 Å². The summed E-state index contributed by atoms with van der Waals surface area (Å²) in [6.45, 7) is 6.27. The molecule has 1 saturated carbocycles. The summed E-state index contributed by atoms with van der Waals surface area (Å²) in [6.07, 6.45) is -0.387. The summed E-state index contributed by atoms with van der Waals surface area (Å²) in [5.41, 5.74) is -1.65. The maximum atomic E-state index is 11.6. The van der Waals surface area contributed by atoms with Crippen molar-refractivity contribution in [3.8, 4) is 0 Å². The van der Waals surface area contributed by atoms with Gasteiger partial charge in [-0.05, 0) is 13.3 Å². The molecular weight excluding hydrogens is 292 g/mol. The van der Waals surface area contributed by atoms with Gasteiger partial charge in [-0.25, -0.2) is 0 Å². The molecule has 124 valence electrons. The zero-order chi connectivity index (χ0) is 16.3. The first-order valence-corrected chi connectivity index (χ1v) is 7.52. The van der Waals surface area contributed by atoms with Crippen molar-refractivity contribution in [1.29, 1.82) is 0 Å². The maximum Gasteiger partial charge on any atom is 0.305 e. The Bertz CT molecular complexity index is 516. The van der Waals surface area contributed by atoms with Crippen LogP contribution in [0, 0.1) is 11.3 Å². The highest BCUT2D eigenvalue weighted by atomic mass is 16.8. The van der Waals surface area contributed by atoms with Gasteiger partial charge in [-0.1, -0.05) is 6.92 Å². The molecule has 22 heavy (non-hydrogen) atoms. The molecular formula is C15H22O7. The number of fused-ring (bicyclic) bond motifs is 1. The fourth-order valence-corrected chi connectivity index (χ4v) is 4.22. The molecule has 3 saturated heterocycles. The van der Waals surface area contributed by atoms with E-state index in [2.05, 4.69) is 0 Å². The molecule has 0 unspecified atom stereocenters. The molecule has 1 N–H and O–H groups in total. The second-order valence-corrected chi connectivity index (χ2v) is 6.94. The average molecular weight is 314 g/mol. The standard InChI is InChI=1S/C15H22O7/c1-8(16)19-12-11-13(3)7-10(20-12)22-15(11,21-9(2)17)6-5-14(13,4)18/h10-12,18H,5-7H2,1-4H3/t10-,11-,12-,13+,14+,15+/m1/s1. The SMILES string of the molecule is CC(=O)O[C@@H]1O[C@H]2C[C@@]3(C)[C@@H]1[C@](OC(C)=O)(CC[C@]3(C)O)O2. The quantitative estimate of drug-likeness (QED) is 0.762. The first kappa shape index (κ1) is 15.7. The summed E-state index contributed by atoms with van der Waals surface area (Å²) in [5, 5.41) is 10.9. The van der Waals surface area contributed by atoms with E-state index in [0.29, 0.717) is 19.3 Å². The van der Waals surface area contributed by atoms with Crippen molar-refractivity contribution in [2.24, 2.45) is 11.3 Å². The molecule has 3 heterocycles. The van der Waals surface area contributed by atoms with Crippen LogP contribution >= 0.6 is 0 Å². The molecule has 4 aliphatic rings. The Kier molecular flexibility index (Phi) is 3.33. The summed E-state index contributed by atoms with van der Waals surface area (Å²) in [7, 11) is 0. The minimum Gasteiger partial charge on any atom is -0.435 e. The predicted octanol–water partition coefficient (Wildman–Crippen LogP) is 1.08. The van der Waals surface area contributed by atoms with Gasteiger partial charge in [0.1, 0.15) is 0 Å². The molecule has 7 heteroatoms. The molecule has 0 aromatic carbocycles. The van der Waals surface area contributed by atoms with E-state index in [1.807, 2.05) is 6.92 Å². The van der Waals surface area contributed by atoms with Crippen LogP contribution in [0.3, 0.4) is 0 Å². The van der Waals surface area contributed by atoms with Crippen LogP contribution in [0.5, 0.6) is 0 Å². The fraction of sp³-hybridized carbons (Fsp3) is 0.867. The third-order valence-electron chi connectivity index (χ3n) is 5.43. The van der Waals surface area contributed by atoms with Gasteiger partial charge in [-0.15, -0.1) is 0 Å². The van der Waals surface area contributed by atoms with Crippen LogP contribution in [0.2, 0.25) is 0 Å². The van der Waals surface area contributed by atoms with Gasteiger partial charge in [0, 0.05) is 32.1 Å². The predicted molar refractivity (Wildman–Crippen MR) is 72.1 cm³/mol. The van der Waals surface area contributed by atoms with Gasteiger partial charge in [0.2, 0.25) is 12.1 Å². The Hall–Kier alpha value is -1.18. The summed E-state index contributed by atoms with van der Waals surface area (Å²) in [6, 6.07) is 0. The lowest BCUT2D eigenvalue weighted by molar-refractivity contribution is -0.483. The molecule has 3 aliphatic heterocycles. The molecule has 7 nitrogen and oxygen atoms in total. The molecule has 0 aromatic rings. The Morgan fingerprint density at radius 2 is 1.86 bits per heavy atom. The van der Waals surface area contributed by atoms with Crippen molar-refractivity contribution in [3.05, 3.63) is 0 Å². The van der Waals surface area contributed by atoms with E-state index in [0.717, 1.165) is 0 Å². The van der Waals surface area contributed by atoms with E-state index >= 15 is 0 Å². The second-order valence-electron chi connectivity index (χ2n) is 6.94. The normalized spacial score (nSPS) is 49.6. The van der Waals surface area contributed by atoms with Crippen molar-refractivity contribution in [2.45, 2.75) is 70.9 Å². The number of esters is 2. The van der Waals surface area contributed by atoms with E-state index in [1.165, 1.54) is 13.8 Å². The Labute approximate surface area is 128 Å². The number of aliphatic hydroxyl groups is 1. The summed E-state index contributed by atoms with van der Waals surface area (Å²) >= 11 is 0. The molecule has 4 rings (SSSR count). The summed E-state index contributed by atoms with van der Waals surface area (Å²) in [5.74, 6) is -2.76. The topological polar surface area (TPSA) is 91.3 Å². The van der Waals surface area contributed by atoms with Crippen LogP contribution in [0.15, 0.2) is 0 Å². The summed E-state index contributed by atoms with van der Waals surface area (Å²) < 4.78 is 22.3. The molecule has 0 aromatic heterocycles. The first-order chi connectivity index (χ1) is 10.1. The van der Waals surface area contributed by atoms with E-state index in [4.69, 9.17) is 18.9 Å². The van der Waals surface area contributed by atoms with Crippen LogP contribution in [-0.2, 0) is 28.5 Å². The van der Waals surface area contributed by atoms with Gasteiger partial charge in [0.25, 0.3) is 0 Å². The van der Waals surface area contributed by atoms with Gasteiger partial charge in [0.05, 0.1) is 11.5 Å². The monoisotopic (exact) mass is 314 g/mol. The summed E-state index contributed by atoms with van der Waals surface area (Å²) in [4.78, 5) is 23.0. The highest BCUT2D eigenvalue weighted by molar-refractivity contribution is 5.67. The van der Waals surface area contributed by atoms with Crippen LogP contribution in [0.25, 0.3) is 0 Å². The second kappa shape index (κ2) is 4.66. The number of hydrogen-bond donors (Lipinski definition) is 1. The van der Waals surface area contributed by atoms with Crippen LogP contribution < -0.4 is 0 Å². The van der Waals surface area contributed by atoms with Gasteiger partial charge < -0.3 is 24.1 Å². The minimum absolute atomic E-state index is 0.331. The smallest absolute Gasteiger partial charge is 0.305 e. The number of carbonyl (C=O) groups is 2. The molecule has 0 amide bonds. The van der Waals surface area contributed by atoms with Gasteiger partial charge in [-0.3, -0.25) is 9.59 Å². The Morgan fingerprint density at radius 1 is 1.18 bits per heavy atom. The largest absolute Gasteiger partial charge is 0.435 e. The zero-order valence-electron chi connectivity index (χ0n) is 13.3. The van der Waals surface area contributed by atoms with Gasteiger partial charge in [-0.2, -0.15) is 0 Å². The highest BCUT2D eigenvalue weighted by Gasteiger charge is 2.73. The molecule has 0 spiro atoms. The Morgan fingerprint density at radius 3 is 2.45 bits per heavy atom. The van der Waals surface area contributed by atoms with Crippen molar-refractivity contribution >= 4 is 11.9 Å². The van der Waals surface area contributed by atoms with Crippen molar-refractivity contribution in [1.82, 2.24) is 0 Å². The number of hydrogen-bond acceptors (Lipinski definition) is 7. The lowest BCUT2D eigenvalue weighted by Gasteiger charge is -2.66. The van der Waals surface area contributed by atoms with E-state index in [1.54, 1.807) is 6.92 Å². The van der Waals surface area contributed by atoms with Crippen LogP contribution in [0.1, 0.15) is 47.0 Å². The number of ether oxygens (including phenoxy) is 4. The lowest BCUT2D eigenvalue weighted by Crippen LogP contribution is -2.75.